The second-order valence-electron chi connectivity index (χ2n) is 6.40. The van der Waals surface area contributed by atoms with Crippen LogP contribution in [0.5, 0.6) is 0 Å². The number of hydrogen-bond donors (Lipinski definition) is 0. The number of nitrogens with zero attached hydrogens (tertiary/aromatic N) is 4. The van der Waals surface area contributed by atoms with Gasteiger partial charge < -0.3 is 9.64 Å². The third-order valence-corrected chi connectivity index (χ3v) is 4.56. The second kappa shape index (κ2) is 8.67. The van der Waals surface area contributed by atoms with E-state index >= 15 is 0 Å². The number of hydrogen-bond acceptors (Lipinski definition) is 5. The van der Waals surface area contributed by atoms with Gasteiger partial charge in [0.2, 0.25) is 0 Å². The van der Waals surface area contributed by atoms with Gasteiger partial charge in [-0.15, -0.1) is 0 Å². The summed E-state index contributed by atoms with van der Waals surface area (Å²) >= 11 is 0. The van der Waals surface area contributed by atoms with Gasteiger partial charge in [-0.2, -0.15) is 0 Å². The molecule has 1 unspecified atom stereocenters. The first-order valence-electron chi connectivity index (χ1n) is 8.79. The van der Waals surface area contributed by atoms with Crippen LogP contribution in [0.3, 0.4) is 0 Å². The lowest BCUT2D eigenvalue weighted by molar-refractivity contribution is 0.0659. The summed E-state index contributed by atoms with van der Waals surface area (Å²) in [6.45, 7) is 2.40. The Labute approximate surface area is 148 Å². The molecule has 3 heterocycles. The molecular formula is C19H24N4O2. The van der Waals surface area contributed by atoms with E-state index in [4.69, 9.17) is 4.74 Å². The van der Waals surface area contributed by atoms with Crippen molar-refractivity contribution in [2.45, 2.75) is 25.7 Å². The maximum Gasteiger partial charge on any atom is 0.256 e. The fraction of sp³-hybridized carbons (Fsp3) is 0.474. The molecular weight excluding hydrogens is 316 g/mol. The van der Waals surface area contributed by atoms with E-state index in [1.807, 2.05) is 23.1 Å². The van der Waals surface area contributed by atoms with Crippen molar-refractivity contribution in [3.8, 4) is 11.5 Å². The van der Waals surface area contributed by atoms with E-state index in [2.05, 4.69) is 15.0 Å². The van der Waals surface area contributed by atoms with Gasteiger partial charge in [0.15, 0.2) is 5.82 Å². The number of amides is 1. The van der Waals surface area contributed by atoms with Crippen molar-refractivity contribution in [3.05, 3.63) is 42.4 Å². The first kappa shape index (κ1) is 17.5. The van der Waals surface area contributed by atoms with Crippen molar-refractivity contribution in [2.75, 3.05) is 26.8 Å². The van der Waals surface area contributed by atoms with Crippen LogP contribution in [0.1, 0.15) is 36.0 Å². The molecule has 1 saturated heterocycles. The fourth-order valence-electron chi connectivity index (χ4n) is 3.25. The SMILES string of the molecule is COCCCC1CCCN(C(=O)c2cnc(-c3ccccn3)nc2)C1. The van der Waals surface area contributed by atoms with E-state index in [-0.39, 0.29) is 5.91 Å². The van der Waals surface area contributed by atoms with Crippen LogP contribution in [0.25, 0.3) is 11.5 Å². The monoisotopic (exact) mass is 340 g/mol. The predicted molar refractivity (Wildman–Crippen MR) is 95.0 cm³/mol. The molecule has 1 amide bonds. The van der Waals surface area contributed by atoms with Crippen LogP contribution >= 0.6 is 0 Å². The predicted octanol–water partition coefficient (Wildman–Crippen LogP) is 2.82. The maximum absolute atomic E-state index is 12.7. The van der Waals surface area contributed by atoms with Crippen LogP contribution < -0.4 is 0 Å². The van der Waals surface area contributed by atoms with Crippen LogP contribution in [-0.4, -0.2) is 52.6 Å². The van der Waals surface area contributed by atoms with Gasteiger partial charge in [0, 0.05) is 45.4 Å². The number of carbonyl (C=O) groups is 1. The van der Waals surface area contributed by atoms with Gasteiger partial charge in [0.25, 0.3) is 5.91 Å². The molecule has 2 aromatic heterocycles. The van der Waals surface area contributed by atoms with E-state index in [0.717, 1.165) is 39.0 Å². The van der Waals surface area contributed by atoms with Gasteiger partial charge in [-0.05, 0) is 43.7 Å². The zero-order valence-electron chi connectivity index (χ0n) is 14.6. The quantitative estimate of drug-likeness (QED) is 0.757. The Balaban J connectivity index is 1.62. The maximum atomic E-state index is 12.7. The fourth-order valence-corrected chi connectivity index (χ4v) is 3.25. The van der Waals surface area contributed by atoms with E-state index < -0.39 is 0 Å². The van der Waals surface area contributed by atoms with Gasteiger partial charge in [-0.1, -0.05) is 6.07 Å². The Morgan fingerprint density at radius 2 is 2.12 bits per heavy atom. The Hall–Kier alpha value is -2.34. The van der Waals surface area contributed by atoms with Crippen LogP contribution in [0.4, 0.5) is 0 Å². The summed E-state index contributed by atoms with van der Waals surface area (Å²) in [4.78, 5) is 27.5. The standard InChI is InChI=1S/C19H24N4O2/c1-25-11-5-7-15-6-4-10-23(14-15)19(24)16-12-21-18(22-13-16)17-8-2-3-9-20-17/h2-3,8-9,12-13,15H,4-7,10-11,14H2,1H3. The van der Waals surface area contributed by atoms with Crippen LogP contribution in [-0.2, 0) is 4.74 Å². The van der Waals surface area contributed by atoms with Gasteiger partial charge in [-0.25, -0.2) is 9.97 Å². The summed E-state index contributed by atoms with van der Waals surface area (Å²) in [5.74, 6) is 1.11. The largest absolute Gasteiger partial charge is 0.385 e. The number of aromatic nitrogens is 3. The first-order valence-corrected chi connectivity index (χ1v) is 8.79. The van der Waals surface area contributed by atoms with Crippen molar-refractivity contribution in [1.29, 1.82) is 0 Å². The third kappa shape index (κ3) is 4.60. The molecule has 0 spiro atoms. The topological polar surface area (TPSA) is 68.2 Å². The Bertz CT molecular complexity index is 676. The minimum Gasteiger partial charge on any atom is -0.385 e. The molecule has 0 radical (unpaired) electrons. The lowest BCUT2D eigenvalue weighted by Crippen LogP contribution is -2.40. The number of rotatable bonds is 6. The van der Waals surface area contributed by atoms with Crippen molar-refractivity contribution < 1.29 is 9.53 Å². The minimum atomic E-state index is 0.0176. The van der Waals surface area contributed by atoms with Crippen molar-refractivity contribution >= 4 is 5.91 Å². The number of likely N-dealkylation sites (tertiary alicyclic amines) is 1. The van der Waals surface area contributed by atoms with Crippen LogP contribution in [0.15, 0.2) is 36.8 Å². The summed E-state index contributed by atoms with van der Waals surface area (Å²) in [6.07, 6.45) is 9.30. The van der Waals surface area contributed by atoms with Crippen molar-refractivity contribution in [2.24, 2.45) is 5.92 Å². The number of piperidine rings is 1. The smallest absolute Gasteiger partial charge is 0.256 e. The highest BCUT2D eigenvalue weighted by Gasteiger charge is 2.24. The zero-order valence-corrected chi connectivity index (χ0v) is 14.6. The summed E-state index contributed by atoms with van der Waals surface area (Å²) in [5, 5.41) is 0. The van der Waals surface area contributed by atoms with Crippen LogP contribution in [0.2, 0.25) is 0 Å². The molecule has 1 aliphatic rings. The molecule has 0 aliphatic carbocycles. The zero-order chi connectivity index (χ0) is 17.5. The average molecular weight is 340 g/mol. The summed E-state index contributed by atoms with van der Waals surface area (Å²) in [5.41, 5.74) is 1.25. The highest BCUT2D eigenvalue weighted by Crippen LogP contribution is 2.22. The molecule has 0 saturated carbocycles. The van der Waals surface area contributed by atoms with Crippen molar-refractivity contribution in [3.63, 3.8) is 0 Å². The molecule has 0 aromatic carbocycles. The summed E-state index contributed by atoms with van der Waals surface area (Å²) in [6, 6.07) is 5.59. The molecule has 1 fully saturated rings. The van der Waals surface area contributed by atoms with E-state index in [1.54, 1.807) is 25.7 Å². The highest BCUT2D eigenvalue weighted by atomic mass is 16.5. The van der Waals surface area contributed by atoms with E-state index in [1.165, 1.54) is 6.42 Å². The molecule has 1 aliphatic heterocycles. The summed E-state index contributed by atoms with van der Waals surface area (Å²) in [7, 11) is 1.73. The van der Waals surface area contributed by atoms with E-state index in [9.17, 15) is 4.79 Å². The molecule has 6 heteroatoms. The normalized spacial score (nSPS) is 17.5. The Kier molecular flexibility index (Phi) is 6.06. The molecule has 0 bridgehead atoms. The Morgan fingerprint density at radius 1 is 1.28 bits per heavy atom. The molecule has 1 atom stereocenters. The lowest BCUT2D eigenvalue weighted by Gasteiger charge is -2.32. The lowest BCUT2D eigenvalue weighted by atomic mass is 9.93. The van der Waals surface area contributed by atoms with Crippen LogP contribution in [0, 0.1) is 5.92 Å². The molecule has 25 heavy (non-hydrogen) atoms. The number of pyridine rings is 1. The van der Waals surface area contributed by atoms with Gasteiger partial charge >= 0.3 is 0 Å². The minimum absolute atomic E-state index is 0.0176. The van der Waals surface area contributed by atoms with Gasteiger partial charge in [0.05, 0.1) is 5.56 Å². The molecule has 6 nitrogen and oxygen atoms in total. The molecule has 132 valence electrons. The molecule has 2 aromatic rings. The van der Waals surface area contributed by atoms with Gasteiger partial charge in [-0.3, -0.25) is 9.78 Å². The second-order valence-corrected chi connectivity index (χ2v) is 6.40. The third-order valence-electron chi connectivity index (χ3n) is 4.56. The van der Waals surface area contributed by atoms with Gasteiger partial charge in [0.1, 0.15) is 5.69 Å². The van der Waals surface area contributed by atoms with Crippen molar-refractivity contribution in [1.82, 2.24) is 19.9 Å². The summed E-state index contributed by atoms with van der Waals surface area (Å²) < 4.78 is 5.12. The number of carbonyl (C=O) groups excluding carboxylic acids is 1. The van der Waals surface area contributed by atoms with E-state index in [0.29, 0.717) is 23.0 Å². The number of methoxy groups -OCH3 is 1. The number of ether oxygens (including phenoxy) is 1. The average Bonchev–Trinajstić information content (AvgIpc) is 2.69. The molecule has 0 N–H and O–H groups in total. The molecule has 3 rings (SSSR count). The Morgan fingerprint density at radius 3 is 2.84 bits per heavy atom. The first-order chi connectivity index (χ1) is 12.3. The highest BCUT2D eigenvalue weighted by molar-refractivity contribution is 5.93.